The molecule has 0 aromatic heterocycles. The van der Waals surface area contributed by atoms with Gasteiger partial charge in [0.2, 0.25) is 0 Å². The first kappa shape index (κ1) is 17.6. The number of hydrogen-bond donors (Lipinski definition) is 0. The van der Waals surface area contributed by atoms with Gasteiger partial charge in [-0.15, -0.1) is 0 Å². The van der Waals surface area contributed by atoms with Gasteiger partial charge in [0.15, 0.2) is 0 Å². The molecule has 0 radical (unpaired) electrons. The Morgan fingerprint density at radius 1 is 1.13 bits per heavy atom. The van der Waals surface area contributed by atoms with E-state index in [1.54, 1.807) is 0 Å². The molecular formula is C14H13F5O4. The van der Waals surface area contributed by atoms with E-state index in [4.69, 9.17) is 4.74 Å². The number of carbonyl (C=O) groups is 1. The Hall–Kier alpha value is -1.74. The van der Waals surface area contributed by atoms with Crippen molar-refractivity contribution in [1.29, 1.82) is 0 Å². The molecule has 0 spiro atoms. The second-order valence-electron chi connectivity index (χ2n) is 4.80. The maximum Gasteiger partial charge on any atom is 0.431 e. The average Bonchev–Trinajstić information content (AvgIpc) is 2.53. The van der Waals surface area contributed by atoms with Crippen molar-refractivity contribution in [2.45, 2.75) is 24.3 Å². The number of rotatable bonds is 4. The van der Waals surface area contributed by atoms with E-state index in [-0.39, 0.29) is 18.8 Å². The predicted octanol–water partition coefficient (Wildman–Crippen LogP) is 2.83. The fraction of sp³-hybridized carbons (Fsp3) is 0.500. The van der Waals surface area contributed by atoms with E-state index in [1.165, 1.54) is 18.2 Å². The van der Waals surface area contributed by atoms with Gasteiger partial charge < -0.3 is 14.2 Å². The average molecular weight is 340 g/mol. The molecule has 1 aliphatic heterocycles. The van der Waals surface area contributed by atoms with Crippen molar-refractivity contribution in [2.75, 3.05) is 19.8 Å². The highest BCUT2D eigenvalue weighted by atomic mass is 19.4. The van der Waals surface area contributed by atoms with Gasteiger partial charge in [-0.3, -0.25) is 0 Å². The molecule has 1 aromatic carbocycles. The van der Waals surface area contributed by atoms with Crippen molar-refractivity contribution < 1.29 is 41.0 Å². The lowest BCUT2D eigenvalue weighted by Gasteiger charge is -2.35. The fourth-order valence-corrected chi connectivity index (χ4v) is 1.99. The number of halogens is 5. The molecule has 128 valence electrons. The second kappa shape index (κ2) is 6.79. The molecule has 1 saturated heterocycles. The zero-order valence-corrected chi connectivity index (χ0v) is 11.7. The van der Waals surface area contributed by atoms with Crippen molar-refractivity contribution in [1.82, 2.24) is 0 Å². The van der Waals surface area contributed by atoms with Crippen LogP contribution in [0.15, 0.2) is 30.3 Å². The highest BCUT2D eigenvalue weighted by molar-refractivity contribution is 5.89. The summed E-state index contributed by atoms with van der Waals surface area (Å²) < 4.78 is 80.7. The summed E-state index contributed by atoms with van der Waals surface area (Å²) in [7, 11) is 0. The first-order valence-corrected chi connectivity index (χ1v) is 6.63. The zero-order chi connectivity index (χ0) is 17.1. The number of esters is 1. The van der Waals surface area contributed by atoms with E-state index in [0.717, 1.165) is 12.1 Å². The van der Waals surface area contributed by atoms with E-state index in [9.17, 15) is 26.7 Å². The van der Waals surface area contributed by atoms with Gasteiger partial charge in [0.1, 0.15) is 6.10 Å². The summed E-state index contributed by atoms with van der Waals surface area (Å²) in [6, 6.07) is 6.58. The summed E-state index contributed by atoms with van der Waals surface area (Å²) >= 11 is 0. The van der Waals surface area contributed by atoms with E-state index in [2.05, 4.69) is 9.47 Å². The Balaban J connectivity index is 2.21. The molecule has 0 N–H and O–H groups in total. The largest absolute Gasteiger partial charge is 0.442 e. The molecule has 4 nitrogen and oxygen atoms in total. The van der Waals surface area contributed by atoms with Crippen LogP contribution in [0.1, 0.15) is 10.4 Å². The van der Waals surface area contributed by atoms with Crippen molar-refractivity contribution in [3.05, 3.63) is 35.9 Å². The summed E-state index contributed by atoms with van der Waals surface area (Å²) in [5, 5.41) is 0. The van der Waals surface area contributed by atoms with Crippen LogP contribution in [0.4, 0.5) is 22.0 Å². The second-order valence-corrected chi connectivity index (χ2v) is 4.80. The van der Waals surface area contributed by atoms with Gasteiger partial charge >= 0.3 is 18.1 Å². The van der Waals surface area contributed by atoms with Crippen LogP contribution in [0.3, 0.4) is 0 Å². The lowest BCUT2D eigenvalue weighted by Crippen LogP contribution is -2.57. The van der Waals surface area contributed by atoms with E-state index >= 15 is 0 Å². The van der Waals surface area contributed by atoms with Gasteiger partial charge in [-0.05, 0) is 12.1 Å². The Labute approximate surface area is 128 Å². The Kier molecular flexibility index (Phi) is 5.20. The topological polar surface area (TPSA) is 44.8 Å². The molecular weight excluding hydrogens is 327 g/mol. The van der Waals surface area contributed by atoms with Crippen molar-refractivity contribution in [2.24, 2.45) is 0 Å². The zero-order valence-electron chi connectivity index (χ0n) is 11.7. The summed E-state index contributed by atoms with van der Waals surface area (Å²) in [6.07, 6.45) is -11.2. The van der Waals surface area contributed by atoms with Crippen LogP contribution in [0, 0.1) is 0 Å². The third kappa shape index (κ3) is 4.17. The monoisotopic (exact) mass is 340 g/mol. The first-order valence-electron chi connectivity index (χ1n) is 6.63. The van der Waals surface area contributed by atoms with Gasteiger partial charge in [-0.25, -0.2) is 4.79 Å². The van der Waals surface area contributed by atoms with Crippen LogP contribution in [-0.4, -0.2) is 50.1 Å². The lowest BCUT2D eigenvalue weighted by atomic mass is 10.1. The summed E-state index contributed by atoms with van der Waals surface area (Å²) in [4.78, 5) is 11.7. The SMILES string of the molecule is O=C(OC(C(F)(F)F)C(F)(F)C1COCCO1)c1ccccc1. The number of alkyl halides is 5. The highest BCUT2D eigenvalue weighted by Crippen LogP contribution is 2.39. The van der Waals surface area contributed by atoms with Gasteiger partial charge in [-0.2, -0.15) is 22.0 Å². The molecule has 0 amide bonds. The van der Waals surface area contributed by atoms with Crippen LogP contribution < -0.4 is 0 Å². The summed E-state index contributed by atoms with van der Waals surface area (Å²) in [6.45, 7) is -0.979. The third-order valence-electron chi connectivity index (χ3n) is 3.13. The van der Waals surface area contributed by atoms with Crippen LogP contribution in [0.25, 0.3) is 0 Å². The van der Waals surface area contributed by atoms with Crippen molar-refractivity contribution in [3.8, 4) is 0 Å². The molecule has 2 rings (SSSR count). The molecule has 1 aromatic rings. The molecule has 1 heterocycles. The highest BCUT2D eigenvalue weighted by Gasteiger charge is 2.63. The predicted molar refractivity (Wildman–Crippen MR) is 67.2 cm³/mol. The van der Waals surface area contributed by atoms with Crippen LogP contribution in [-0.2, 0) is 14.2 Å². The van der Waals surface area contributed by atoms with Gasteiger partial charge in [0, 0.05) is 0 Å². The van der Waals surface area contributed by atoms with Crippen LogP contribution >= 0.6 is 0 Å². The minimum Gasteiger partial charge on any atom is -0.442 e. The van der Waals surface area contributed by atoms with Gasteiger partial charge in [0.05, 0.1) is 25.4 Å². The Morgan fingerprint density at radius 3 is 2.30 bits per heavy atom. The molecule has 9 heteroatoms. The van der Waals surface area contributed by atoms with Crippen molar-refractivity contribution >= 4 is 5.97 Å². The summed E-state index contributed by atoms with van der Waals surface area (Å²) in [5.74, 6) is -5.98. The molecule has 1 aliphatic rings. The van der Waals surface area contributed by atoms with Crippen LogP contribution in [0.2, 0.25) is 0 Å². The minimum absolute atomic E-state index is 0.00701. The van der Waals surface area contributed by atoms with Gasteiger partial charge in [-0.1, -0.05) is 18.2 Å². The lowest BCUT2D eigenvalue weighted by molar-refractivity contribution is -0.305. The molecule has 23 heavy (non-hydrogen) atoms. The van der Waals surface area contributed by atoms with E-state index in [0.29, 0.717) is 0 Å². The Bertz CT molecular complexity index is 526. The van der Waals surface area contributed by atoms with E-state index in [1.807, 2.05) is 0 Å². The summed E-state index contributed by atoms with van der Waals surface area (Å²) in [5.41, 5.74) is -0.265. The van der Waals surface area contributed by atoms with Crippen molar-refractivity contribution in [3.63, 3.8) is 0 Å². The maximum atomic E-state index is 14.1. The first-order chi connectivity index (χ1) is 10.7. The van der Waals surface area contributed by atoms with Gasteiger partial charge in [0.25, 0.3) is 6.10 Å². The van der Waals surface area contributed by atoms with E-state index < -0.39 is 36.9 Å². The molecule has 0 saturated carbocycles. The molecule has 0 bridgehead atoms. The smallest absolute Gasteiger partial charge is 0.431 e. The number of ether oxygens (including phenoxy) is 3. The molecule has 2 unspecified atom stereocenters. The van der Waals surface area contributed by atoms with Crippen LogP contribution in [0.5, 0.6) is 0 Å². The quantitative estimate of drug-likeness (QED) is 0.625. The minimum atomic E-state index is -5.46. The number of carbonyl (C=O) groups excluding carboxylic acids is 1. The standard InChI is InChI=1S/C14H13F5O4/c15-13(16,10-8-21-6-7-22-10)12(14(17,18)19)23-11(20)9-4-2-1-3-5-9/h1-5,10,12H,6-8H2. The Morgan fingerprint density at radius 2 is 1.78 bits per heavy atom. The molecule has 2 atom stereocenters. The molecule has 0 aliphatic carbocycles. The molecule has 1 fully saturated rings. The number of benzene rings is 1. The fourth-order valence-electron chi connectivity index (χ4n) is 1.99. The third-order valence-corrected chi connectivity index (χ3v) is 3.13. The normalized spacial score (nSPS) is 20.8. The number of hydrogen-bond acceptors (Lipinski definition) is 4. The maximum absolute atomic E-state index is 14.1.